The summed E-state index contributed by atoms with van der Waals surface area (Å²) in [5.74, 6) is -1.83. The van der Waals surface area contributed by atoms with Gasteiger partial charge in [-0.2, -0.15) is 5.10 Å². The Balaban J connectivity index is 1.85. The number of nitrogens with one attached hydrogen (secondary N) is 2. The summed E-state index contributed by atoms with van der Waals surface area (Å²) in [4.78, 5) is 33.3. The third-order valence-electron chi connectivity index (χ3n) is 2.45. The van der Waals surface area contributed by atoms with Gasteiger partial charge in [0.25, 0.3) is 0 Å². The van der Waals surface area contributed by atoms with E-state index in [2.05, 4.69) is 20.8 Å². The van der Waals surface area contributed by atoms with E-state index >= 15 is 0 Å². The molecule has 0 radical (unpaired) electrons. The first-order valence-corrected chi connectivity index (χ1v) is 7.01. The second-order valence-corrected chi connectivity index (χ2v) is 5.31. The summed E-state index contributed by atoms with van der Waals surface area (Å²) in [6.07, 6.45) is 2.70. The molecule has 1 atom stereocenters. The van der Waals surface area contributed by atoms with Gasteiger partial charge in [-0.05, 0) is 12.1 Å². The van der Waals surface area contributed by atoms with Gasteiger partial charge in [0, 0.05) is 6.42 Å². The van der Waals surface area contributed by atoms with Crippen LogP contribution >= 0.6 is 11.8 Å². The number of carboxylic acids is 1. The predicted octanol–water partition coefficient (Wildman–Crippen LogP) is -1.54. The summed E-state index contributed by atoms with van der Waals surface area (Å²) >= 11 is 1.04. The van der Waals surface area contributed by atoms with Crippen molar-refractivity contribution in [3.8, 4) is 0 Å². The van der Waals surface area contributed by atoms with Crippen molar-refractivity contribution < 1.29 is 23.9 Å². The maximum atomic E-state index is 11.7. The SMILES string of the molecule is O=C([O-])CNC(=O)CC1SC(=NN=Cc2ccco2)NC1=O. The van der Waals surface area contributed by atoms with Gasteiger partial charge in [-0.25, -0.2) is 0 Å². The second kappa shape index (κ2) is 7.41. The van der Waals surface area contributed by atoms with Gasteiger partial charge < -0.3 is 25.0 Å². The molecule has 22 heavy (non-hydrogen) atoms. The van der Waals surface area contributed by atoms with Crippen molar-refractivity contribution >= 4 is 40.9 Å². The number of rotatable bonds is 6. The Bertz CT molecular complexity index is 625. The Labute approximate surface area is 128 Å². The Morgan fingerprint density at radius 2 is 2.36 bits per heavy atom. The molecule has 1 fully saturated rings. The number of carboxylic acid groups (broad SMARTS) is 1. The maximum Gasteiger partial charge on any atom is 0.240 e. The molecule has 0 aromatic carbocycles. The van der Waals surface area contributed by atoms with E-state index in [1.807, 2.05) is 0 Å². The van der Waals surface area contributed by atoms with E-state index in [0.717, 1.165) is 11.8 Å². The largest absolute Gasteiger partial charge is 0.548 e. The number of amides is 2. The molecule has 1 aliphatic rings. The van der Waals surface area contributed by atoms with Gasteiger partial charge in [0.1, 0.15) is 11.0 Å². The molecule has 0 aliphatic carbocycles. The number of hydrogen-bond donors (Lipinski definition) is 2. The zero-order valence-corrected chi connectivity index (χ0v) is 12.0. The molecule has 1 aliphatic heterocycles. The molecule has 10 heteroatoms. The van der Waals surface area contributed by atoms with Gasteiger partial charge in [0.05, 0.1) is 25.0 Å². The van der Waals surface area contributed by atoms with Crippen LogP contribution in [0.1, 0.15) is 12.2 Å². The van der Waals surface area contributed by atoms with Crippen LogP contribution in [-0.4, -0.2) is 41.0 Å². The molecular formula is C12H11N4O5S-. The molecule has 1 aromatic heterocycles. The Kier molecular flexibility index (Phi) is 5.31. The highest BCUT2D eigenvalue weighted by Gasteiger charge is 2.32. The summed E-state index contributed by atoms with van der Waals surface area (Å²) < 4.78 is 5.02. The molecule has 0 bridgehead atoms. The second-order valence-electron chi connectivity index (χ2n) is 4.11. The smallest absolute Gasteiger partial charge is 0.240 e. The highest BCUT2D eigenvalue weighted by atomic mass is 32.2. The van der Waals surface area contributed by atoms with E-state index in [0.29, 0.717) is 5.76 Å². The normalized spacial score (nSPS) is 19.5. The molecule has 116 valence electrons. The fraction of sp³-hybridized carbons (Fsp3) is 0.250. The van der Waals surface area contributed by atoms with E-state index in [1.165, 1.54) is 12.5 Å². The first-order chi connectivity index (χ1) is 10.5. The standard InChI is InChI=1S/C12H12N4O5S/c17-9(13-6-10(18)19)4-8-11(20)15-12(22-8)16-14-5-7-2-1-3-21-7/h1-3,5,8H,4,6H2,(H,13,17)(H,18,19)(H,15,16,20)/p-1. The van der Waals surface area contributed by atoms with E-state index in [1.54, 1.807) is 12.1 Å². The van der Waals surface area contributed by atoms with Crippen molar-refractivity contribution in [2.24, 2.45) is 10.2 Å². The lowest BCUT2D eigenvalue weighted by Crippen LogP contribution is -2.39. The minimum Gasteiger partial charge on any atom is -0.548 e. The summed E-state index contributed by atoms with van der Waals surface area (Å²) in [5.41, 5.74) is 0. The van der Waals surface area contributed by atoms with E-state index in [9.17, 15) is 19.5 Å². The fourth-order valence-electron chi connectivity index (χ4n) is 1.50. The summed E-state index contributed by atoms with van der Waals surface area (Å²) in [7, 11) is 0. The molecule has 1 saturated heterocycles. The number of carbonyl (C=O) groups is 3. The Morgan fingerprint density at radius 1 is 1.55 bits per heavy atom. The van der Waals surface area contributed by atoms with Crippen molar-refractivity contribution in [3.05, 3.63) is 24.2 Å². The maximum absolute atomic E-state index is 11.7. The van der Waals surface area contributed by atoms with Crippen LogP contribution in [0.5, 0.6) is 0 Å². The molecule has 2 N–H and O–H groups in total. The van der Waals surface area contributed by atoms with Crippen LogP contribution in [0.2, 0.25) is 0 Å². The molecule has 2 heterocycles. The number of furan rings is 1. The molecule has 2 rings (SSSR count). The van der Waals surface area contributed by atoms with Crippen molar-refractivity contribution in [2.45, 2.75) is 11.7 Å². The lowest BCUT2D eigenvalue weighted by Gasteiger charge is -2.07. The molecule has 2 amide bonds. The summed E-state index contributed by atoms with van der Waals surface area (Å²) in [5, 5.41) is 22.0. The average Bonchev–Trinajstić information content (AvgIpc) is 3.08. The Morgan fingerprint density at radius 3 is 3.05 bits per heavy atom. The topological polar surface area (TPSA) is 136 Å². The predicted molar refractivity (Wildman–Crippen MR) is 75.9 cm³/mol. The number of hydrogen-bond acceptors (Lipinski definition) is 8. The first kappa shape index (κ1) is 15.8. The van der Waals surface area contributed by atoms with E-state index < -0.39 is 23.7 Å². The minimum atomic E-state index is -1.40. The molecule has 9 nitrogen and oxygen atoms in total. The van der Waals surface area contributed by atoms with Gasteiger partial charge in [-0.15, -0.1) is 5.10 Å². The van der Waals surface area contributed by atoms with Crippen LogP contribution in [0.4, 0.5) is 0 Å². The molecular weight excluding hydrogens is 312 g/mol. The summed E-state index contributed by atoms with van der Waals surface area (Å²) in [6, 6.07) is 3.39. The number of carbonyl (C=O) groups excluding carboxylic acids is 3. The number of aliphatic carboxylic acids is 1. The molecule has 1 unspecified atom stereocenters. The van der Waals surface area contributed by atoms with Gasteiger partial charge in [0.2, 0.25) is 11.8 Å². The third kappa shape index (κ3) is 4.74. The number of nitrogens with zero attached hydrogens (tertiary/aromatic N) is 2. The van der Waals surface area contributed by atoms with Crippen LogP contribution in [0.15, 0.2) is 33.0 Å². The Hall–Kier alpha value is -2.62. The van der Waals surface area contributed by atoms with Crippen LogP contribution in [0, 0.1) is 0 Å². The van der Waals surface area contributed by atoms with Gasteiger partial charge in [0.15, 0.2) is 5.17 Å². The van der Waals surface area contributed by atoms with E-state index in [4.69, 9.17) is 4.42 Å². The van der Waals surface area contributed by atoms with Crippen molar-refractivity contribution in [3.63, 3.8) is 0 Å². The van der Waals surface area contributed by atoms with E-state index in [-0.39, 0.29) is 17.5 Å². The van der Waals surface area contributed by atoms with Crippen molar-refractivity contribution in [1.82, 2.24) is 10.6 Å². The monoisotopic (exact) mass is 323 g/mol. The highest BCUT2D eigenvalue weighted by Crippen LogP contribution is 2.22. The van der Waals surface area contributed by atoms with Gasteiger partial charge >= 0.3 is 0 Å². The van der Waals surface area contributed by atoms with Crippen molar-refractivity contribution in [2.75, 3.05) is 6.54 Å². The third-order valence-corrected chi connectivity index (χ3v) is 3.53. The molecule has 0 spiro atoms. The fourth-order valence-corrected chi connectivity index (χ4v) is 2.42. The lowest BCUT2D eigenvalue weighted by molar-refractivity contribution is -0.304. The number of amidine groups is 1. The van der Waals surface area contributed by atoms with Crippen LogP contribution in [0.3, 0.4) is 0 Å². The van der Waals surface area contributed by atoms with Gasteiger partial charge in [-0.3, -0.25) is 9.59 Å². The zero-order valence-electron chi connectivity index (χ0n) is 11.1. The quantitative estimate of drug-likeness (QED) is 0.481. The summed E-state index contributed by atoms with van der Waals surface area (Å²) in [6.45, 7) is -0.591. The molecule has 0 saturated carbocycles. The van der Waals surface area contributed by atoms with Crippen LogP contribution < -0.4 is 15.7 Å². The highest BCUT2D eigenvalue weighted by molar-refractivity contribution is 8.15. The van der Waals surface area contributed by atoms with Crippen LogP contribution in [0.25, 0.3) is 0 Å². The average molecular weight is 323 g/mol. The lowest BCUT2D eigenvalue weighted by atomic mass is 10.2. The first-order valence-electron chi connectivity index (χ1n) is 6.13. The molecule has 1 aromatic rings. The van der Waals surface area contributed by atoms with Crippen molar-refractivity contribution in [1.29, 1.82) is 0 Å². The minimum absolute atomic E-state index is 0.162. The van der Waals surface area contributed by atoms with Gasteiger partial charge in [-0.1, -0.05) is 11.8 Å². The number of thioether (sulfide) groups is 1. The zero-order chi connectivity index (χ0) is 15.9. The van der Waals surface area contributed by atoms with Crippen LogP contribution in [-0.2, 0) is 14.4 Å².